The van der Waals surface area contributed by atoms with Gasteiger partial charge in [0.2, 0.25) is 0 Å². The van der Waals surface area contributed by atoms with Gasteiger partial charge in [0, 0.05) is 23.5 Å². The van der Waals surface area contributed by atoms with Gasteiger partial charge < -0.3 is 9.64 Å². The SMILES string of the molecule is COc1cc(C(=O)N2CCCC2CBr)ccc1C. The summed E-state index contributed by atoms with van der Waals surface area (Å²) in [7, 11) is 1.63. The van der Waals surface area contributed by atoms with Crippen LogP contribution in [0.25, 0.3) is 0 Å². The fraction of sp³-hybridized carbons (Fsp3) is 0.500. The summed E-state index contributed by atoms with van der Waals surface area (Å²) in [5.41, 5.74) is 1.76. The normalized spacial score (nSPS) is 19.1. The maximum Gasteiger partial charge on any atom is 0.254 e. The van der Waals surface area contributed by atoms with Gasteiger partial charge in [0.1, 0.15) is 5.75 Å². The maximum atomic E-state index is 12.4. The Morgan fingerprint density at radius 1 is 1.56 bits per heavy atom. The molecule has 0 spiro atoms. The zero-order chi connectivity index (χ0) is 13.1. The third-order valence-electron chi connectivity index (χ3n) is 3.47. The molecule has 1 amide bonds. The predicted molar refractivity (Wildman–Crippen MR) is 75.6 cm³/mol. The molecular weight excluding hydrogens is 294 g/mol. The highest BCUT2D eigenvalue weighted by Crippen LogP contribution is 2.24. The molecule has 1 aliphatic rings. The first-order chi connectivity index (χ1) is 8.67. The van der Waals surface area contributed by atoms with E-state index in [0.717, 1.165) is 36.0 Å². The zero-order valence-electron chi connectivity index (χ0n) is 10.8. The van der Waals surface area contributed by atoms with Crippen molar-refractivity contribution >= 4 is 21.8 Å². The van der Waals surface area contributed by atoms with E-state index in [0.29, 0.717) is 11.6 Å². The van der Waals surface area contributed by atoms with E-state index in [1.165, 1.54) is 0 Å². The summed E-state index contributed by atoms with van der Waals surface area (Å²) in [6.45, 7) is 2.83. The Balaban J connectivity index is 2.23. The molecule has 1 saturated heterocycles. The number of carbonyl (C=O) groups is 1. The van der Waals surface area contributed by atoms with Crippen molar-refractivity contribution in [1.82, 2.24) is 4.90 Å². The molecule has 1 aliphatic heterocycles. The molecule has 1 aromatic carbocycles. The van der Waals surface area contributed by atoms with E-state index < -0.39 is 0 Å². The lowest BCUT2D eigenvalue weighted by atomic mass is 10.1. The topological polar surface area (TPSA) is 29.5 Å². The molecular formula is C14H18BrNO2. The number of nitrogens with zero attached hydrogens (tertiary/aromatic N) is 1. The van der Waals surface area contributed by atoms with Gasteiger partial charge in [-0.2, -0.15) is 0 Å². The molecule has 1 heterocycles. The summed E-state index contributed by atoms with van der Waals surface area (Å²) in [4.78, 5) is 14.4. The van der Waals surface area contributed by atoms with Crippen molar-refractivity contribution < 1.29 is 9.53 Å². The van der Waals surface area contributed by atoms with Crippen molar-refractivity contribution in [3.8, 4) is 5.75 Å². The lowest BCUT2D eigenvalue weighted by Crippen LogP contribution is -2.36. The highest BCUT2D eigenvalue weighted by molar-refractivity contribution is 9.09. The Morgan fingerprint density at radius 2 is 2.33 bits per heavy atom. The smallest absolute Gasteiger partial charge is 0.254 e. The highest BCUT2D eigenvalue weighted by atomic mass is 79.9. The monoisotopic (exact) mass is 311 g/mol. The Morgan fingerprint density at radius 3 is 3.00 bits per heavy atom. The van der Waals surface area contributed by atoms with Gasteiger partial charge in [-0.15, -0.1) is 0 Å². The van der Waals surface area contributed by atoms with Crippen LogP contribution in [-0.4, -0.2) is 35.8 Å². The number of benzene rings is 1. The number of halogens is 1. The van der Waals surface area contributed by atoms with Crippen LogP contribution in [0.15, 0.2) is 18.2 Å². The van der Waals surface area contributed by atoms with E-state index in [2.05, 4.69) is 15.9 Å². The minimum atomic E-state index is 0.107. The van der Waals surface area contributed by atoms with E-state index in [9.17, 15) is 4.79 Å². The Kier molecular flexibility index (Phi) is 4.27. The van der Waals surface area contributed by atoms with Crippen molar-refractivity contribution in [2.24, 2.45) is 0 Å². The van der Waals surface area contributed by atoms with Crippen molar-refractivity contribution in [3.05, 3.63) is 29.3 Å². The Hall–Kier alpha value is -1.03. The molecule has 3 nitrogen and oxygen atoms in total. The van der Waals surface area contributed by atoms with Crippen LogP contribution in [0.3, 0.4) is 0 Å². The molecule has 1 atom stereocenters. The number of methoxy groups -OCH3 is 1. The molecule has 4 heteroatoms. The van der Waals surface area contributed by atoms with Crippen LogP contribution in [0.4, 0.5) is 0 Å². The summed E-state index contributed by atoms with van der Waals surface area (Å²) in [5.74, 6) is 0.880. The van der Waals surface area contributed by atoms with Gasteiger partial charge in [0.25, 0.3) is 5.91 Å². The average molecular weight is 312 g/mol. The summed E-state index contributed by atoms with van der Waals surface area (Å²) in [6, 6.07) is 5.97. The van der Waals surface area contributed by atoms with Crippen LogP contribution in [0, 0.1) is 6.92 Å². The predicted octanol–water partition coefficient (Wildman–Crippen LogP) is 3.00. The maximum absolute atomic E-state index is 12.4. The molecule has 0 saturated carbocycles. The second-order valence-corrected chi connectivity index (χ2v) is 5.28. The summed E-state index contributed by atoms with van der Waals surface area (Å²) >= 11 is 3.48. The van der Waals surface area contributed by atoms with Crippen molar-refractivity contribution in [1.29, 1.82) is 0 Å². The first kappa shape index (κ1) is 13.4. The fourth-order valence-electron chi connectivity index (χ4n) is 2.38. The highest BCUT2D eigenvalue weighted by Gasteiger charge is 2.28. The number of ether oxygens (including phenoxy) is 1. The second kappa shape index (κ2) is 5.74. The molecule has 1 fully saturated rings. The number of hydrogen-bond acceptors (Lipinski definition) is 2. The number of rotatable bonds is 3. The molecule has 18 heavy (non-hydrogen) atoms. The third kappa shape index (κ3) is 2.53. The van der Waals surface area contributed by atoms with Crippen molar-refractivity contribution in [3.63, 3.8) is 0 Å². The zero-order valence-corrected chi connectivity index (χ0v) is 12.4. The molecule has 1 unspecified atom stereocenters. The van der Waals surface area contributed by atoms with Crippen LogP contribution in [0.5, 0.6) is 5.75 Å². The number of amides is 1. The first-order valence-electron chi connectivity index (χ1n) is 6.19. The number of hydrogen-bond donors (Lipinski definition) is 0. The number of alkyl halides is 1. The molecule has 0 aromatic heterocycles. The number of carbonyl (C=O) groups excluding carboxylic acids is 1. The fourth-order valence-corrected chi connectivity index (χ4v) is 3.06. The molecule has 0 N–H and O–H groups in total. The van der Waals surface area contributed by atoms with E-state index in [4.69, 9.17) is 4.74 Å². The van der Waals surface area contributed by atoms with Gasteiger partial charge in [-0.05, 0) is 37.5 Å². The molecule has 2 rings (SSSR count). The average Bonchev–Trinajstić information content (AvgIpc) is 2.86. The minimum Gasteiger partial charge on any atom is -0.496 e. The van der Waals surface area contributed by atoms with Crippen LogP contribution < -0.4 is 4.74 Å². The Labute approximate surface area is 116 Å². The summed E-state index contributed by atoms with van der Waals surface area (Å²) in [6.07, 6.45) is 2.17. The van der Waals surface area contributed by atoms with Crippen molar-refractivity contribution in [2.45, 2.75) is 25.8 Å². The second-order valence-electron chi connectivity index (χ2n) is 4.63. The lowest BCUT2D eigenvalue weighted by Gasteiger charge is -2.23. The molecule has 1 aromatic rings. The van der Waals surface area contributed by atoms with Crippen LogP contribution in [0.1, 0.15) is 28.8 Å². The minimum absolute atomic E-state index is 0.107. The van der Waals surface area contributed by atoms with Crippen LogP contribution >= 0.6 is 15.9 Å². The van der Waals surface area contributed by atoms with Gasteiger partial charge in [-0.3, -0.25) is 4.79 Å². The lowest BCUT2D eigenvalue weighted by molar-refractivity contribution is 0.0750. The number of aryl methyl sites for hydroxylation is 1. The van der Waals surface area contributed by atoms with E-state index in [1.807, 2.05) is 30.0 Å². The van der Waals surface area contributed by atoms with Crippen LogP contribution in [-0.2, 0) is 0 Å². The van der Waals surface area contributed by atoms with E-state index >= 15 is 0 Å². The molecule has 98 valence electrons. The quantitative estimate of drug-likeness (QED) is 0.803. The van der Waals surface area contributed by atoms with E-state index in [1.54, 1.807) is 7.11 Å². The largest absolute Gasteiger partial charge is 0.496 e. The van der Waals surface area contributed by atoms with E-state index in [-0.39, 0.29) is 5.91 Å². The third-order valence-corrected chi connectivity index (χ3v) is 4.22. The summed E-state index contributed by atoms with van der Waals surface area (Å²) < 4.78 is 5.27. The van der Waals surface area contributed by atoms with Gasteiger partial charge in [0.15, 0.2) is 0 Å². The number of likely N-dealkylation sites (tertiary alicyclic amines) is 1. The molecule has 0 aliphatic carbocycles. The standard InChI is InChI=1S/C14H18BrNO2/c1-10-5-6-11(8-13(10)18-2)14(17)16-7-3-4-12(16)9-15/h5-6,8,12H,3-4,7,9H2,1-2H3. The molecule has 0 bridgehead atoms. The van der Waals surface area contributed by atoms with Gasteiger partial charge in [-0.25, -0.2) is 0 Å². The van der Waals surface area contributed by atoms with Gasteiger partial charge in [0.05, 0.1) is 7.11 Å². The van der Waals surface area contributed by atoms with Gasteiger partial charge >= 0.3 is 0 Å². The summed E-state index contributed by atoms with van der Waals surface area (Å²) in [5, 5.41) is 0.849. The van der Waals surface area contributed by atoms with Gasteiger partial charge in [-0.1, -0.05) is 22.0 Å². The molecule has 0 radical (unpaired) electrons. The van der Waals surface area contributed by atoms with Crippen LogP contribution in [0.2, 0.25) is 0 Å². The Bertz CT molecular complexity index is 447. The first-order valence-corrected chi connectivity index (χ1v) is 7.31. The van der Waals surface area contributed by atoms with Crippen molar-refractivity contribution in [2.75, 3.05) is 19.0 Å².